The zero-order chi connectivity index (χ0) is 13.1. The number of pyridine rings is 1. The van der Waals surface area contributed by atoms with E-state index in [4.69, 9.17) is 5.11 Å². The molecule has 0 radical (unpaired) electrons. The molecule has 18 heavy (non-hydrogen) atoms. The molecule has 3 N–H and O–H groups in total. The van der Waals surface area contributed by atoms with Gasteiger partial charge in [0.05, 0.1) is 6.33 Å². The molecule has 7 nitrogen and oxygen atoms in total. The van der Waals surface area contributed by atoms with Crippen LogP contribution in [0.25, 0.3) is 0 Å². The van der Waals surface area contributed by atoms with E-state index < -0.39 is 11.9 Å². The Labute approximate surface area is 102 Å². The van der Waals surface area contributed by atoms with Crippen LogP contribution in [0.4, 0.5) is 5.69 Å². The van der Waals surface area contributed by atoms with Crippen LogP contribution in [0, 0.1) is 6.92 Å². The lowest BCUT2D eigenvalue weighted by molar-refractivity contribution is 0.0686. The predicted molar refractivity (Wildman–Crippen MR) is 62.5 cm³/mol. The molecule has 0 aliphatic carbocycles. The van der Waals surface area contributed by atoms with E-state index in [1.807, 2.05) is 0 Å². The molecule has 92 valence electrons. The standard InChI is InChI=1S/C11H10N4O3/c1-6-4-12-3-2-7(6)15-10(16)8-9(11(17)18)14-5-13-8/h2-5H,1H3,(H,13,14)(H,17,18)(H,12,15,16). The first-order valence-corrected chi connectivity index (χ1v) is 5.08. The topological polar surface area (TPSA) is 108 Å². The number of carbonyl (C=O) groups is 2. The lowest BCUT2D eigenvalue weighted by Crippen LogP contribution is -2.17. The van der Waals surface area contributed by atoms with Crippen LogP contribution in [0.3, 0.4) is 0 Å². The third-order valence-corrected chi connectivity index (χ3v) is 2.34. The van der Waals surface area contributed by atoms with Crippen LogP contribution in [0.2, 0.25) is 0 Å². The van der Waals surface area contributed by atoms with Crippen LogP contribution >= 0.6 is 0 Å². The van der Waals surface area contributed by atoms with Crippen LogP contribution in [-0.4, -0.2) is 31.9 Å². The fourth-order valence-electron chi connectivity index (χ4n) is 1.42. The largest absolute Gasteiger partial charge is 0.477 e. The van der Waals surface area contributed by atoms with Crippen molar-refractivity contribution in [2.45, 2.75) is 6.92 Å². The summed E-state index contributed by atoms with van der Waals surface area (Å²) in [6, 6.07) is 1.63. The van der Waals surface area contributed by atoms with Crippen LogP contribution in [0.5, 0.6) is 0 Å². The highest BCUT2D eigenvalue weighted by Gasteiger charge is 2.19. The van der Waals surface area contributed by atoms with E-state index in [1.165, 1.54) is 6.20 Å². The number of carboxylic acid groups (broad SMARTS) is 1. The van der Waals surface area contributed by atoms with Gasteiger partial charge in [0, 0.05) is 18.1 Å². The number of aromatic nitrogens is 3. The molecule has 0 aromatic carbocycles. The third kappa shape index (κ3) is 2.19. The van der Waals surface area contributed by atoms with Gasteiger partial charge in [0.15, 0.2) is 11.4 Å². The average Bonchev–Trinajstić information content (AvgIpc) is 2.81. The minimum atomic E-state index is -1.23. The number of nitrogens with one attached hydrogen (secondary N) is 2. The highest BCUT2D eigenvalue weighted by molar-refractivity contribution is 6.08. The van der Waals surface area contributed by atoms with Gasteiger partial charge in [-0.1, -0.05) is 0 Å². The molecule has 0 atom stereocenters. The van der Waals surface area contributed by atoms with Crippen molar-refractivity contribution >= 4 is 17.6 Å². The van der Waals surface area contributed by atoms with Gasteiger partial charge in [-0.3, -0.25) is 9.78 Å². The van der Waals surface area contributed by atoms with Gasteiger partial charge in [-0.15, -0.1) is 0 Å². The van der Waals surface area contributed by atoms with Gasteiger partial charge in [0.25, 0.3) is 5.91 Å². The zero-order valence-corrected chi connectivity index (χ0v) is 9.47. The van der Waals surface area contributed by atoms with Gasteiger partial charge < -0.3 is 15.4 Å². The van der Waals surface area contributed by atoms with Gasteiger partial charge in [0.2, 0.25) is 0 Å². The zero-order valence-electron chi connectivity index (χ0n) is 9.47. The number of rotatable bonds is 3. The molecule has 0 aliphatic heterocycles. The Bertz CT molecular complexity index is 606. The normalized spacial score (nSPS) is 10.1. The smallest absolute Gasteiger partial charge is 0.354 e. The van der Waals surface area contributed by atoms with Crippen molar-refractivity contribution in [2.75, 3.05) is 5.32 Å². The van der Waals surface area contributed by atoms with Gasteiger partial charge >= 0.3 is 5.97 Å². The van der Waals surface area contributed by atoms with E-state index in [0.717, 1.165) is 11.9 Å². The maximum absolute atomic E-state index is 11.9. The molecule has 7 heteroatoms. The van der Waals surface area contributed by atoms with E-state index >= 15 is 0 Å². The summed E-state index contributed by atoms with van der Waals surface area (Å²) in [4.78, 5) is 32.7. The SMILES string of the molecule is Cc1cnccc1NC(=O)c1nc[nH]c1C(=O)O. The van der Waals surface area contributed by atoms with Gasteiger partial charge in [-0.2, -0.15) is 0 Å². The van der Waals surface area contributed by atoms with Crippen LogP contribution in [0.15, 0.2) is 24.8 Å². The van der Waals surface area contributed by atoms with Gasteiger partial charge in [-0.05, 0) is 18.6 Å². The number of anilines is 1. The molecule has 0 saturated carbocycles. The Morgan fingerprint density at radius 1 is 1.44 bits per heavy atom. The third-order valence-electron chi connectivity index (χ3n) is 2.34. The summed E-state index contributed by atoms with van der Waals surface area (Å²) in [6.07, 6.45) is 4.29. The predicted octanol–water partition coefficient (Wildman–Crippen LogP) is 1.06. The number of nitrogens with zero attached hydrogens (tertiary/aromatic N) is 2. The monoisotopic (exact) mass is 246 g/mol. The van der Waals surface area contributed by atoms with E-state index in [-0.39, 0.29) is 11.4 Å². The van der Waals surface area contributed by atoms with E-state index in [1.54, 1.807) is 19.2 Å². The molecule has 2 heterocycles. The molecule has 0 aliphatic rings. The number of amides is 1. The van der Waals surface area contributed by atoms with Crippen molar-refractivity contribution < 1.29 is 14.7 Å². The van der Waals surface area contributed by atoms with Crippen LogP contribution < -0.4 is 5.32 Å². The second-order valence-corrected chi connectivity index (χ2v) is 3.58. The molecule has 2 aromatic rings. The lowest BCUT2D eigenvalue weighted by Gasteiger charge is -2.06. The summed E-state index contributed by atoms with van der Waals surface area (Å²) < 4.78 is 0. The number of carboxylic acids is 1. The molecule has 2 aromatic heterocycles. The van der Waals surface area contributed by atoms with Gasteiger partial charge in [-0.25, -0.2) is 9.78 Å². The van der Waals surface area contributed by atoms with E-state index in [0.29, 0.717) is 5.69 Å². The first-order valence-electron chi connectivity index (χ1n) is 5.08. The number of hydrogen-bond acceptors (Lipinski definition) is 4. The second kappa shape index (κ2) is 4.66. The van der Waals surface area contributed by atoms with Crippen molar-refractivity contribution in [3.8, 4) is 0 Å². The Morgan fingerprint density at radius 2 is 2.22 bits per heavy atom. The first-order chi connectivity index (χ1) is 8.59. The van der Waals surface area contributed by atoms with Crippen molar-refractivity contribution in [3.05, 3.63) is 41.7 Å². The summed E-state index contributed by atoms with van der Waals surface area (Å²) in [7, 11) is 0. The highest BCUT2D eigenvalue weighted by atomic mass is 16.4. The highest BCUT2D eigenvalue weighted by Crippen LogP contribution is 2.13. The molecule has 0 saturated heterocycles. The van der Waals surface area contributed by atoms with E-state index in [9.17, 15) is 9.59 Å². The van der Waals surface area contributed by atoms with Crippen LogP contribution in [-0.2, 0) is 0 Å². The van der Waals surface area contributed by atoms with Crippen molar-refractivity contribution in [2.24, 2.45) is 0 Å². The van der Waals surface area contributed by atoms with E-state index in [2.05, 4.69) is 20.3 Å². The van der Waals surface area contributed by atoms with Crippen LogP contribution in [0.1, 0.15) is 26.5 Å². The number of aromatic carboxylic acids is 1. The molecular weight excluding hydrogens is 236 g/mol. The Kier molecular flexibility index (Phi) is 3.05. The summed E-state index contributed by atoms with van der Waals surface area (Å²) in [5.74, 6) is -1.81. The molecule has 0 fully saturated rings. The fourth-order valence-corrected chi connectivity index (χ4v) is 1.42. The Morgan fingerprint density at radius 3 is 2.89 bits per heavy atom. The summed E-state index contributed by atoms with van der Waals surface area (Å²) in [5.41, 5.74) is 0.950. The summed E-state index contributed by atoms with van der Waals surface area (Å²) >= 11 is 0. The second-order valence-electron chi connectivity index (χ2n) is 3.58. The molecule has 0 unspecified atom stereocenters. The van der Waals surface area contributed by atoms with Crippen molar-refractivity contribution in [1.29, 1.82) is 0 Å². The van der Waals surface area contributed by atoms with Crippen molar-refractivity contribution in [3.63, 3.8) is 0 Å². The molecule has 1 amide bonds. The summed E-state index contributed by atoms with van der Waals surface area (Å²) in [5, 5.41) is 11.4. The molecule has 0 bridgehead atoms. The maximum Gasteiger partial charge on any atom is 0.354 e. The lowest BCUT2D eigenvalue weighted by atomic mass is 10.2. The average molecular weight is 246 g/mol. The first kappa shape index (κ1) is 11.8. The molecule has 2 rings (SSSR count). The number of H-pyrrole nitrogens is 1. The van der Waals surface area contributed by atoms with Gasteiger partial charge in [0.1, 0.15) is 0 Å². The molecular formula is C11H10N4O3. The Hall–Kier alpha value is -2.70. The quantitative estimate of drug-likeness (QED) is 0.750. The molecule has 0 spiro atoms. The minimum Gasteiger partial charge on any atom is -0.477 e. The summed E-state index contributed by atoms with van der Waals surface area (Å²) in [6.45, 7) is 1.78. The number of aromatic amines is 1. The number of aryl methyl sites for hydroxylation is 1. The number of hydrogen-bond donors (Lipinski definition) is 3. The number of carbonyl (C=O) groups excluding carboxylic acids is 1. The maximum atomic E-state index is 11.9. The minimum absolute atomic E-state index is 0.154. The number of imidazole rings is 1. The van der Waals surface area contributed by atoms with Crippen molar-refractivity contribution in [1.82, 2.24) is 15.0 Å². The Balaban J connectivity index is 2.25. The fraction of sp³-hybridized carbons (Fsp3) is 0.0909.